The van der Waals surface area contributed by atoms with Gasteiger partial charge in [-0.25, -0.2) is 14.6 Å². The van der Waals surface area contributed by atoms with Crippen LogP contribution in [0.15, 0.2) is 36.5 Å². The second-order valence-electron chi connectivity index (χ2n) is 7.25. The molecule has 2 amide bonds. The van der Waals surface area contributed by atoms with Gasteiger partial charge >= 0.3 is 11.9 Å². The number of pyridine rings is 1. The van der Waals surface area contributed by atoms with Crippen molar-refractivity contribution in [3.05, 3.63) is 64.6 Å². The third-order valence-corrected chi connectivity index (χ3v) is 4.81. The lowest BCUT2D eigenvalue weighted by atomic mass is 10.1. The van der Waals surface area contributed by atoms with Crippen LogP contribution in [0, 0.1) is 13.8 Å². The molecule has 0 unspecified atom stereocenters. The van der Waals surface area contributed by atoms with Gasteiger partial charge in [-0.3, -0.25) is 14.0 Å². The van der Waals surface area contributed by atoms with Crippen molar-refractivity contribution in [1.29, 1.82) is 0 Å². The SMILES string of the molecule is Cc1nc2c(C)cccn2c1C(=O)NCCCC(=O)Nc1cc(C(=O)O)cc(C(=O)O)c1. The fourth-order valence-corrected chi connectivity index (χ4v) is 3.30. The molecule has 0 aliphatic rings. The number of hydrogen-bond donors (Lipinski definition) is 4. The van der Waals surface area contributed by atoms with Crippen molar-refractivity contribution in [1.82, 2.24) is 14.7 Å². The Morgan fingerprint density at radius 3 is 2.31 bits per heavy atom. The zero-order chi connectivity index (χ0) is 23.4. The van der Waals surface area contributed by atoms with Crippen LogP contribution in [0.4, 0.5) is 5.69 Å². The van der Waals surface area contributed by atoms with Crippen LogP contribution in [0.2, 0.25) is 0 Å². The number of aromatic nitrogens is 2. The van der Waals surface area contributed by atoms with E-state index in [1.807, 2.05) is 19.1 Å². The van der Waals surface area contributed by atoms with Gasteiger partial charge in [-0.2, -0.15) is 0 Å². The Morgan fingerprint density at radius 2 is 1.69 bits per heavy atom. The van der Waals surface area contributed by atoms with E-state index in [0.29, 0.717) is 23.5 Å². The van der Waals surface area contributed by atoms with Gasteiger partial charge in [-0.15, -0.1) is 0 Å². The number of carbonyl (C=O) groups excluding carboxylic acids is 2. The van der Waals surface area contributed by atoms with E-state index in [0.717, 1.165) is 11.6 Å². The summed E-state index contributed by atoms with van der Waals surface area (Å²) in [6.07, 6.45) is 2.14. The normalized spacial score (nSPS) is 10.7. The molecule has 1 aromatic carbocycles. The summed E-state index contributed by atoms with van der Waals surface area (Å²) in [5.41, 5.74) is 2.27. The van der Waals surface area contributed by atoms with Crippen LogP contribution in [0.5, 0.6) is 0 Å². The predicted octanol–water partition coefficient (Wildman–Crippen LogP) is 2.50. The van der Waals surface area contributed by atoms with Gasteiger partial charge in [-0.05, 0) is 50.1 Å². The summed E-state index contributed by atoms with van der Waals surface area (Å²) in [6, 6.07) is 7.13. The second-order valence-corrected chi connectivity index (χ2v) is 7.25. The maximum Gasteiger partial charge on any atom is 0.335 e. The number of nitrogens with one attached hydrogen (secondary N) is 2. The monoisotopic (exact) mass is 438 g/mol. The molecule has 32 heavy (non-hydrogen) atoms. The van der Waals surface area contributed by atoms with Crippen molar-refractivity contribution < 1.29 is 29.4 Å². The van der Waals surface area contributed by atoms with Crippen LogP contribution < -0.4 is 10.6 Å². The summed E-state index contributed by atoms with van der Waals surface area (Å²) in [5.74, 6) is -3.34. The Hall–Kier alpha value is -4.21. The predicted molar refractivity (Wildman–Crippen MR) is 115 cm³/mol. The van der Waals surface area contributed by atoms with Crippen molar-refractivity contribution >= 4 is 35.1 Å². The Kier molecular flexibility index (Phi) is 6.53. The first kappa shape index (κ1) is 22.5. The molecule has 0 aliphatic heterocycles. The molecule has 3 aromatic rings. The summed E-state index contributed by atoms with van der Waals surface area (Å²) in [5, 5.41) is 23.5. The van der Waals surface area contributed by atoms with E-state index < -0.39 is 17.8 Å². The maximum atomic E-state index is 12.6. The van der Waals surface area contributed by atoms with Gasteiger partial charge in [0.25, 0.3) is 5.91 Å². The van der Waals surface area contributed by atoms with Gasteiger partial charge < -0.3 is 20.8 Å². The minimum Gasteiger partial charge on any atom is -0.478 e. The first-order valence-electron chi connectivity index (χ1n) is 9.81. The molecule has 0 spiro atoms. The van der Waals surface area contributed by atoms with E-state index in [2.05, 4.69) is 15.6 Å². The molecule has 0 fully saturated rings. The Morgan fingerprint density at radius 1 is 1.03 bits per heavy atom. The largest absolute Gasteiger partial charge is 0.478 e. The standard InChI is InChI=1S/C22H22N4O6/c1-12-5-4-8-26-18(13(2)24-19(12)26)20(28)23-7-3-6-17(27)25-16-10-14(21(29)30)9-15(11-16)22(31)32/h4-5,8-11H,3,6-7H2,1-2H3,(H,23,28)(H,25,27)(H,29,30)(H,31,32). The van der Waals surface area contributed by atoms with Gasteiger partial charge in [0.1, 0.15) is 11.3 Å². The number of carboxylic acid groups (broad SMARTS) is 2. The van der Waals surface area contributed by atoms with E-state index in [9.17, 15) is 19.2 Å². The van der Waals surface area contributed by atoms with Crippen molar-refractivity contribution in [3.63, 3.8) is 0 Å². The molecule has 3 rings (SSSR count). The fourth-order valence-electron chi connectivity index (χ4n) is 3.30. The number of benzene rings is 1. The first-order valence-corrected chi connectivity index (χ1v) is 9.81. The molecular formula is C22H22N4O6. The number of carbonyl (C=O) groups is 4. The molecule has 0 radical (unpaired) electrons. The van der Waals surface area contributed by atoms with Crippen LogP contribution in [0.1, 0.15) is 55.3 Å². The molecule has 0 saturated carbocycles. The lowest BCUT2D eigenvalue weighted by Crippen LogP contribution is -2.27. The Balaban J connectivity index is 1.57. The highest BCUT2D eigenvalue weighted by Crippen LogP contribution is 2.17. The minimum absolute atomic E-state index is 0.0469. The average molecular weight is 438 g/mol. The molecule has 4 N–H and O–H groups in total. The highest BCUT2D eigenvalue weighted by atomic mass is 16.4. The molecule has 0 bridgehead atoms. The fraction of sp³-hybridized carbons (Fsp3) is 0.227. The zero-order valence-corrected chi connectivity index (χ0v) is 17.5. The number of nitrogens with zero attached hydrogens (tertiary/aromatic N) is 2. The van der Waals surface area contributed by atoms with Crippen molar-refractivity contribution in [2.75, 3.05) is 11.9 Å². The molecule has 0 aliphatic carbocycles. The van der Waals surface area contributed by atoms with Crippen LogP contribution in [-0.2, 0) is 4.79 Å². The molecule has 0 atom stereocenters. The van der Waals surface area contributed by atoms with Crippen molar-refractivity contribution in [2.45, 2.75) is 26.7 Å². The van der Waals surface area contributed by atoms with Gasteiger partial charge in [-0.1, -0.05) is 6.07 Å². The third kappa shape index (κ3) is 4.91. The van der Waals surface area contributed by atoms with Gasteiger partial charge in [0.05, 0.1) is 16.8 Å². The molecular weight excluding hydrogens is 416 g/mol. The highest BCUT2D eigenvalue weighted by Gasteiger charge is 2.17. The number of imidazole rings is 1. The summed E-state index contributed by atoms with van der Waals surface area (Å²) < 4.78 is 1.72. The topological polar surface area (TPSA) is 150 Å². The van der Waals surface area contributed by atoms with E-state index in [1.54, 1.807) is 17.5 Å². The number of aryl methyl sites for hydroxylation is 2. The molecule has 10 heteroatoms. The number of anilines is 1. The smallest absolute Gasteiger partial charge is 0.335 e. The second kappa shape index (κ2) is 9.29. The summed E-state index contributed by atoms with van der Waals surface area (Å²) in [4.78, 5) is 51.5. The number of rotatable bonds is 8. The average Bonchev–Trinajstić information content (AvgIpc) is 3.08. The lowest BCUT2D eigenvalue weighted by molar-refractivity contribution is -0.116. The third-order valence-electron chi connectivity index (χ3n) is 4.81. The molecule has 2 heterocycles. The molecule has 166 valence electrons. The van der Waals surface area contributed by atoms with E-state index in [1.165, 1.54) is 12.1 Å². The van der Waals surface area contributed by atoms with Crippen LogP contribution in [0.3, 0.4) is 0 Å². The number of amides is 2. The Labute approximate surface area is 182 Å². The number of fused-ring (bicyclic) bond motifs is 1. The van der Waals surface area contributed by atoms with E-state index >= 15 is 0 Å². The minimum atomic E-state index is -1.30. The summed E-state index contributed by atoms with van der Waals surface area (Å²) >= 11 is 0. The van der Waals surface area contributed by atoms with Crippen LogP contribution >= 0.6 is 0 Å². The van der Waals surface area contributed by atoms with Crippen LogP contribution in [-0.4, -0.2) is 49.9 Å². The summed E-state index contributed by atoms with van der Waals surface area (Å²) in [7, 11) is 0. The maximum absolute atomic E-state index is 12.6. The molecule has 0 saturated heterocycles. The zero-order valence-electron chi connectivity index (χ0n) is 17.5. The number of carboxylic acids is 2. The van der Waals surface area contributed by atoms with Crippen LogP contribution in [0.25, 0.3) is 5.65 Å². The van der Waals surface area contributed by atoms with E-state index in [4.69, 9.17) is 10.2 Å². The lowest BCUT2D eigenvalue weighted by Gasteiger charge is -2.09. The number of hydrogen-bond acceptors (Lipinski definition) is 5. The number of aromatic carboxylic acids is 2. The Bertz CT molecular complexity index is 1200. The molecule has 10 nitrogen and oxygen atoms in total. The van der Waals surface area contributed by atoms with Gasteiger partial charge in [0, 0.05) is 24.8 Å². The van der Waals surface area contributed by atoms with Crippen molar-refractivity contribution in [3.8, 4) is 0 Å². The quantitative estimate of drug-likeness (QED) is 0.395. The van der Waals surface area contributed by atoms with Gasteiger partial charge in [0.2, 0.25) is 5.91 Å². The van der Waals surface area contributed by atoms with Gasteiger partial charge in [0.15, 0.2) is 0 Å². The highest BCUT2D eigenvalue weighted by molar-refractivity contribution is 5.98. The van der Waals surface area contributed by atoms with E-state index in [-0.39, 0.29) is 35.7 Å². The molecule has 2 aromatic heterocycles. The van der Waals surface area contributed by atoms with Crippen molar-refractivity contribution in [2.24, 2.45) is 0 Å². The summed E-state index contributed by atoms with van der Waals surface area (Å²) in [6.45, 7) is 3.90. The first-order chi connectivity index (χ1) is 15.2.